The fourth-order valence-electron chi connectivity index (χ4n) is 6.31. The highest BCUT2D eigenvalue weighted by molar-refractivity contribution is 6.43. The number of anilines is 3. The molecule has 3 nitrogen and oxygen atoms in total. The van der Waals surface area contributed by atoms with Gasteiger partial charge in [0.05, 0.1) is 22.6 Å². The van der Waals surface area contributed by atoms with E-state index in [1.807, 2.05) is 26.0 Å². The number of ketones is 2. The zero-order chi connectivity index (χ0) is 26.9. The van der Waals surface area contributed by atoms with Crippen molar-refractivity contribution in [2.45, 2.75) is 40.0 Å². The van der Waals surface area contributed by atoms with Gasteiger partial charge in [-0.3, -0.25) is 9.59 Å². The lowest BCUT2D eigenvalue weighted by Crippen LogP contribution is -2.31. The van der Waals surface area contributed by atoms with E-state index < -0.39 is 0 Å². The number of fused-ring (bicyclic) bond motifs is 3. The van der Waals surface area contributed by atoms with Gasteiger partial charge in [0.25, 0.3) is 0 Å². The Kier molecular flexibility index (Phi) is 5.36. The number of carbonyl (C=O) groups is 2. The highest BCUT2D eigenvalue weighted by Gasteiger charge is 2.38. The predicted molar refractivity (Wildman–Crippen MR) is 159 cm³/mol. The molecule has 4 aromatic carbocycles. The third-order valence-electron chi connectivity index (χ3n) is 8.08. The number of hydrogen-bond donors (Lipinski definition) is 0. The van der Waals surface area contributed by atoms with Gasteiger partial charge in [0.2, 0.25) is 0 Å². The summed E-state index contributed by atoms with van der Waals surface area (Å²) >= 11 is 0. The number of aryl methyl sites for hydroxylation is 3. The predicted octanol–water partition coefficient (Wildman–Crippen LogP) is 6.44. The Morgan fingerprint density at radius 3 is 2.13 bits per heavy atom. The second-order valence-corrected chi connectivity index (χ2v) is 11.3. The van der Waals surface area contributed by atoms with Crippen molar-refractivity contribution in [3.05, 3.63) is 123 Å². The molecule has 0 spiro atoms. The minimum Gasteiger partial charge on any atom is -0.309 e. The number of hydrogen-bond acceptors (Lipinski definition) is 3. The molecule has 4 aromatic rings. The van der Waals surface area contributed by atoms with Crippen LogP contribution in [0.4, 0.5) is 17.1 Å². The maximum Gasteiger partial charge on any atom is 0.197 e. The highest BCUT2D eigenvalue weighted by atomic mass is 16.2. The van der Waals surface area contributed by atoms with Crippen LogP contribution in [0.2, 0.25) is 0 Å². The summed E-state index contributed by atoms with van der Waals surface area (Å²) in [5, 5.41) is 0. The average molecular weight is 495 g/mol. The van der Waals surface area contributed by atoms with Crippen molar-refractivity contribution >= 4 is 48.0 Å². The molecule has 1 aliphatic heterocycles. The molecular weight excluding hydrogens is 465 g/mol. The Balaban J connectivity index is 1.54. The lowest BCUT2D eigenvalue weighted by Gasteiger charge is -2.43. The first-order valence-corrected chi connectivity index (χ1v) is 13.1. The normalized spacial score (nSPS) is 16.4. The first-order chi connectivity index (χ1) is 18.1. The Morgan fingerprint density at radius 2 is 1.39 bits per heavy atom. The quantitative estimate of drug-likeness (QED) is 0.182. The monoisotopic (exact) mass is 495 g/mol. The summed E-state index contributed by atoms with van der Waals surface area (Å²) in [5.74, 6) is -0.386. The van der Waals surface area contributed by atoms with Gasteiger partial charge in [-0.15, -0.1) is 0 Å². The van der Waals surface area contributed by atoms with Crippen LogP contribution in [-0.4, -0.2) is 19.4 Å². The lowest BCUT2D eigenvalue weighted by molar-refractivity contribution is 0.0990. The molecule has 0 saturated carbocycles. The largest absolute Gasteiger partial charge is 0.309 e. The fourth-order valence-corrected chi connectivity index (χ4v) is 6.31. The molecule has 0 amide bonds. The van der Waals surface area contributed by atoms with Gasteiger partial charge in [-0.2, -0.15) is 0 Å². The molecule has 1 aliphatic carbocycles. The molecule has 1 heterocycles. The minimum absolute atomic E-state index is 0.191. The smallest absolute Gasteiger partial charge is 0.197 e. The van der Waals surface area contributed by atoms with Crippen LogP contribution in [0.3, 0.4) is 0 Å². The molecule has 2 aliphatic rings. The van der Waals surface area contributed by atoms with Crippen molar-refractivity contribution in [3.63, 3.8) is 0 Å². The Hall–Kier alpha value is -4.18. The second-order valence-electron chi connectivity index (χ2n) is 11.3. The van der Waals surface area contributed by atoms with Crippen LogP contribution < -0.4 is 10.4 Å². The summed E-state index contributed by atoms with van der Waals surface area (Å²) in [7, 11) is 1.94. The summed E-state index contributed by atoms with van der Waals surface area (Å²) in [4.78, 5) is 28.7. The van der Waals surface area contributed by atoms with Crippen molar-refractivity contribution in [1.29, 1.82) is 0 Å². The Bertz CT molecular complexity index is 1700. The zero-order valence-electron chi connectivity index (χ0n) is 22.8. The number of nitrogens with zero attached hydrogens (tertiary/aromatic N) is 1. The van der Waals surface area contributed by atoms with Crippen LogP contribution >= 0.6 is 0 Å². The Labute approximate surface area is 225 Å². The Morgan fingerprint density at radius 1 is 0.737 bits per heavy atom. The molecule has 0 N–H and O–H groups in total. The third-order valence-corrected chi connectivity index (χ3v) is 8.08. The molecule has 4 heteroatoms. The molecule has 186 valence electrons. The van der Waals surface area contributed by atoms with Gasteiger partial charge in [-0.05, 0) is 72.9 Å². The van der Waals surface area contributed by atoms with Crippen LogP contribution in [0.15, 0.2) is 78.4 Å². The van der Waals surface area contributed by atoms with Gasteiger partial charge in [0.1, 0.15) is 7.85 Å². The first kappa shape index (κ1) is 24.2. The average Bonchev–Trinajstić information content (AvgIpc) is 3.10. The summed E-state index contributed by atoms with van der Waals surface area (Å²) in [6, 6.07) is 24.9. The molecule has 0 aromatic heterocycles. The van der Waals surface area contributed by atoms with Gasteiger partial charge in [-0.1, -0.05) is 79.5 Å². The summed E-state index contributed by atoms with van der Waals surface area (Å²) in [5.41, 5.74) is 12.4. The van der Waals surface area contributed by atoms with E-state index in [1.165, 1.54) is 33.6 Å². The van der Waals surface area contributed by atoms with Crippen molar-refractivity contribution in [2.75, 3.05) is 4.90 Å². The maximum absolute atomic E-state index is 13.2. The van der Waals surface area contributed by atoms with Crippen LogP contribution in [0.1, 0.15) is 67.9 Å². The van der Waals surface area contributed by atoms with Crippen molar-refractivity contribution in [2.24, 2.45) is 0 Å². The van der Waals surface area contributed by atoms with E-state index in [1.54, 1.807) is 12.1 Å². The van der Waals surface area contributed by atoms with E-state index in [4.69, 9.17) is 0 Å². The van der Waals surface area contributed by atoms with E-state index in [0.29, 0.717) is 11.1 Å². The molecule has 0 saturated heterocycles. The third kappa shape index (κ3) is 3.51. The van der Waals surface area contributed by atoms with Gasteiger partial charge >= 0.3 is 0 Å². The van der Waals surface area contributed by atoms with Crippen molar-refractivity contribution in [3.8, 4) is 0 Å². The SMILES string of the molecule is Bc1ccc2c(c1)C(=O)/C(=C\c1ccc3c(c1)C(C)(C)c1ccccc1N3c1c(C)cc(C)cc1C)C2=O. The van der Waals surface area contributed by atoms with Crippen LogP contribution in [0.25, 0.3) is 6.08 Å². The van der Waals surface area contributed by atoms with Crippen LogP contribution in [-0.2, 0) is 5.41 Å². The highest BCUT2D eigenvalue weighted by Crippen LogP contribution is 2.53. The first-order valence-electron chi connectivity index (χ1n) is 13.1. The van der Waals surface area contributed by atoms with Crippen molar-refractivity contribution in [1.82, 2.24) is 0 Å². The van der Waals surface area contributed by atoms with Gasteiger partial charge in [-0.25, -0.2) is 0 Å². The number of rotatable bonds is 2. The summed E-state index contributed by atoms with van der Waals surface area (Å²) in [6.45, 7) is 11.0. The topological polar surface area (TPSA) is 37.4 Å². The number of para-hydroxylation sites is 1. The molecule has 0 atom stereocenters. The number of allylic oxidation sites excluding steroid dienone is 1. The van der Waals surface area contributed by atoms with Crippen molar-refractivity contribution < 1.29 is 9.59 Å². The fraction of sp³-hybridized carbons (Fsp3) is 0.176. The van der Waals surface area contributed by atoms with E-state index >= 15 is 0 Å². The number of benzene rings is 4. The van der Waals surface area contributed by atoms with E-state index in [9.17, 15) is 9.59 Å². The minimum atomic E-state index is -0.271. The summed E-state index contributed by atoms with van der Waals surface area (Å²) in [6.07, 6.45) is 1.77. The standard InChI is InChI=1S/C34H30BNO2/c1-19-14-20(2)31(21(3)15-19)36-29-9-7-6-8-27(29)34(4,5)28-17-22(10-13-30(28)36)16-26-32(37)24-12-11-23(35)18-25(24)33(26)38/h6-18H,35H2,1-5H3/b26-16-. The molecule has 6 rings (SSSR count). The van der Waals surface area contributed by atoms with E-state index in [2.05, 4.69) is 88.0 Å². The second kappa shape index (κ2) is 8.42. The maximum atomic E-state index is 13.2. The summed E-state index contributed by atoms with van der Waals surface area (Å²) < 4.78 is 0. The number of carbonyl (C=O) groups excluding carboxylic acids is 2. The molecule has 38 heavy (non-hydrogen) atoms. The molecule has 0 fully saturated rings. The van der Waals surface area contributed by atoms with Gasteiger partial charge in [0, 0.05) is 16.5 Å². The van der Waals surface area contributed by atoms with Gasteiger partial charge in [0.15, 0.2) is 11.6 Å². The zero-order valence-corrected chi connectivity index (χ0v) is 22.8. The number of Topliss-reactive ketones (excluding diaryl/α,β-unsaturated/α-hetero) is 2. The molecule has 0 bridgehead atoms. The molecule has 0 radical (unpaired) electrons. The van der Waals surface area contributed by atoms with Crippen LogP contribution in [0, 0.1) is 20.8 Å². The van der Waals surface area contributed by atoms with Gasteiger partial charge < -0.3 is 4.90 Å². The molecule has 0 unspecified atom stereocenters. The van der Waals surface area contributed by atoms with Crippen LogP contribution in [0.5, 0.6) is 0 Å². The van der Waals surface area contributed by atoms with E-state index in [0.717, 1.165) is 22.3 Å². The molecular formula is C34H30BNO2. The van der Waals surface area contributed by atoms with E-state index in [-0.39, 0.29) is 22.6 Å². The lowest BCUT2D eigenvalue weighted by atomic mass is 9.73.